The minimum Gasteiger partial charge on any atom is -0.325 e. The number of nitrogens with zero attached hydrogens (tertiary/aromatic N) is 2. The van der Waals surface area contributed by atoms with Crippen LogP contribution in [-0.4, -0.2) is 15.5 Å². The number of nitrogens with one attached hydrogen (secondary N) is 1. The van der Waals surface area contributed by atoms with Gasteiger partial charge in [-0.1, -0.05) is 56.3 Å². The Labute approximate surface area is 158 Å². The topological polar surface area (TPSA) is 64.0 Å². The summed E-state index contributed by atoms with van der Waals surface area (Å²) < 4.78 is 1.41. The number of hydrogen-bond donors (Lipinski definition) is 1. The summed E-state index contributed by atoms with van der Waals surface area (Å²) in [5, 5.41) is 2.88. The second-order valence-electron chi connectivity index (χ2n) is 6.84. The van der Waals surface area contributed by atoms with E-state index in [1.807, 2.05) is 54.6 Å². The molecule has 0 aliphatic heterocycles. The van der Waals surface area contributed by atoms with E-state index in [0.29, 0.717) is 17.4 Å². The minimum atomic E-state index is -0.263. The van der Waals surface area contributed by atoms with Crippen LogP contribution in [0.5, 0.6) is 0 Å². The molecule has 2 aromatic carbocycles. The van der Waals surface area contributed by atoms with Crippen molar-refractivity contribution in [1.29, 1.82) is 0 Å². The highest BCUT2D eigenvalue weighted by Crippen LogP contribution is 2.19. The van der Waals surface area contributed by atoms with Gasteiger partial charge in [0.2, 0.25) is 5.91 Å². The number of anilines is 1. The molecule has 0 atom stereocenters. The average Bonchev–Trinajstić information content (AvgIpc) is 2.64. The molecule has 1 N–H and O–H groups in total. The molecule has 3 rings (SSSR count). The zero-order valence-electron chi connectivity index (χ0n) is 15.8. The molecule has 138 valence electrons. The monoisotopic (exact) mass is 361 g/mol. The number of carbonyl (C=O) groups is 1. The van der Waals surface area contributed by atoms with E-state index in [-0.39, 0.29) is 18.0 Å². The molecule has 5 nitrogen and oxygen atoms in total. The molecular formula is C22H23N3O2. The molecule has 27 heavy (non-hydrogen) atoms. The van der Waals surface area contributed by atoms with E-state index in [0.717, 1.165) is 16.8 Å². The Kier molecular flexibility index (Phi) is 5.50. The molecule has 0 aliphatic rings. The third kappa shape index (κ3) is 4.50. The smallest absolute Gasteiger partial charge is 0.254 e. The van der Waals surface area contributed by atoms with Crippen molar-refractivity contribution in [1.82, 2.24) is 9.55 Å². The molecule has 0 bridgehead atoms. The number of aromatic nitrogens is 2. The molecule has 0 saturated carbocycles. The maximum atomic E-state index is 12.6. The van der Waals surface area contributed by atoms with Gasteiger partial charge in [0.05, 0.1) is 0 Å². The van der Waals surface area contributed by atoms with E-state index < -0.39 is 0 Å². The predicted molar refractivity (Wildman–Crippen MR) is 108 cm³/mol. The van der Waals surface area contributed by atoms with Gasteiger partial charge in [-0.2, -0.15) is 0 Å². The average molecular weight is 361 g/mol. The molecule has 0 unspecified atom stereocenters. The summed E-state index contributed by atoms with van der Waals surface area (Å²) in [6.45, 7) is 5.88. The van der Waals surface area contributed by atoms with Crippen molar-refractivity contribution >= 4 is 11.6 Å². The Morgan fingerprint density at radius 2 is 1.81 bits per heavy atom. The fourth-order valence-corrected chi connectivity index (χ4v) is 2.90. The second kappa shape index (κ2) is 7.99. The standard InChI is InChI=1S/C22H23N3O2/c1-15(2)18-10-7-11-19(13-18)24-20(26)14-25-21(27)12-16(3)23-22(25)17-8-5-4-6-9-17/h4-13,15H,14H2,1-3H3,(H,24,26). The van der Waals surface area contributed by atoms with Gasteiger partial charge in [-0.25, -0.2) is 4.98 Å². The van der Waals surface area contributed by atoms with E-state index in [2.05, 4.69) is 24.1 Å². The van der Waals surface area contributed by atoms with Gasteiger partial charge < -0.3 is 5.32 Å². The lowest BCUT2D eigenvalue weighted by Crippen LogP contribution is -2.29. The number of amides is 1. The van der Waals surface area contributed by atoms with Crippen LogP contribution in [0.25, 0.3) is 11.4 Å². The van der Waals surface area contributed by atoms with Gasteiger partial charge >= 0.3 is 0 Å². The molecule has 0 fully saturated rings. The number of rotatable bonds is 5. The molecule has 0 radical (unpaired) electrons. The van der Waals surface area contributed by atoms with Crippen LogP contribution in [0.2, 0.25) is 0 Å². The van der Waals surface area contributed by atoms with Gasteiger partial charge in [0, 0.05) is 23.0 Å². The summed E-state index contributed by atoms with van der Waals surface area (Å²) in [6.07, 6.45) is 0. The fourth-order valence-electron chi connectivity index (χ4n) is 2.90. The van der Waals surface area contributed by atoms with Crippen LogP contribution < -0.4 is 10.9 Å². The SMILES string of the molecule is Cc1cc(=O)n(CC(=O)Nc2cccc(C(C)C)c2)c(-c2ccccc2)n1. The predicted octanol–water partition coefficient (Wildman–Crippen LogP) is 3.98. The molecule has 1 aromatic heterocycles. The lowest BCUT2D eigenvalue weighted by Gasteiger charge is -2.14. The highest BCUT2D eigenvalue weighted by atomic mass is 16.2. The van der Waals surface area contributed by atoms with Crippen LogP contribution in [0.15, 0.2) is 65.5 Å². The fraction of sp³-hybridized carbons (Fsp3) is 0.227. The van der Waals surface area contributed by atoms with Gasteiger partial charge in [-0.3, -0.25) is 14.2 Å². The third-order valence-electron chi connectivity index (χ3n) is 4.31. The maximum absolute atomic E-state index is 12.6. The van der Waals surface area contributed by atoms with E-state index >= 15 is 0 Å². The molecule has 1 heterocycles. The van der Waals surface area contributed by atoms with Gasteiger partial charge in [0.15, 0.2) is 0 Å². The molecule has 0 aliphatic carbocycles. The molecule has 3 aromatic rings. The Hall–Kier alpha value is -3.21. The summed E-state index contributed by atoms with van der Waals surface area (Å²) in [6, 6.07) is 18.6. The van der Waals surface area contributed by atoms with Crippen molar-refractivity contribution < 1.29 is 4.79 Å². The zero-order chi connectivity index (χ0) is 19.4. The summed E-state index contributed by atoms with van der Waals surface area (Å²) >= 11 is 0. The van der Waals surface area contributed by atoms with Gasteiger partial charge in [0.1, 0.15) is 12.4 Å². The zero-order valence-corrected chi connectivity index (χ0v) is 15.8. The van der Waals surface area contributed by atoms with Crippen LogP contribution in [0, 0.1) is 6.92 Å². The Morgan fingerprint density at radius 3 is 2.52 bits per heavy atom. The first-order chi connectivity index (χ1) is 12.9. The van der Waals surface area contributed by atoms with Crippen LogP contribution in [-0.2, 0) is 11.3 Å². The molecule has 5 heteroatoms. The first-order valence-corrected chi connectivity index (χ1v) is 8.98. The maximum Gasteiger partial charge on any atom is 0.254 e. The van der Waals surface area contributed by atoms with E-state index in [1.54, 1.807) is 6.92 Å². The number of carbonyl (C=O) groups excluding carboxylic acids is 1. The van der Waals surface area contributed by atoms with Crippen LogP contribution in [0.4, 0.5) is 5.69 Å². The van der Waals surface area contributed by atoms with Crippen molar-refractivity contribution in [2.75, 3.05) is 5.32 Å². The quantitative estimate of drug-likeness (QED) is 0.747. The number of benzene rings is 2. The molecular weight excluding hydrogens is 338 g/mol. The van der Waals surface area contributed by atoms with E-state index in [1.165, 1.54) is 10.6 Å². The van der Waals surface area contributed by atoms with Crippen LogP contribution >= 0.6 is 0 Å². The first-order valence-electron chi connectivity index (χ1n) is 8.98. The van der Waals surface area contributed by atoms with Crippen molar-refractivity contribution in [3.05, 3.63) is 82.3 Å². The van der Waals surface area contributed by atoms with Crippen LogP contribution in [0.1, 0.15) is 31.0 Å². The lowest BCUT2D eigenvalue weighted by molar-refractivity contribution is -0.116. The first kappa shape index (κ1) is 18.6. The number of aryl methyl sites for hydroxylation is 1. The highest BCUT2D eigenvalue weighted by molar-refractivity contribution is 5.90. The second-order valence-corrected chi connectivity index (χ2v) is 6.84. The summed E-state index contributed by atoms with van der Waals surface area (Å²) in [7, 11) is 0. The van der Waals surface area contributed by atoms with Crippen molar-refractivity contribution in [2.45, 2.75) is 33.2 Å². The summed E-state index contributed by atoms with van der Waals surface area (Å²) in [4.78, 5) is 29.6. The van der Waals surface area contributed by atoms with Crippen molar-refractivity contribution in [2.24, 2.45) is 0 Å². The van der Waals surface area contributed by atoms with Crippen LogP contribution in [0.3, 0.4) is 0 Å². The Balaban J connectivity index is 1.88. The number of hydrogen-bond acceptors (Lipinski definition) is 3. The van der Waals surface area contributed by atoms with Gasteiger partial charge in [0.25, 0.3) is 5.56 Å². The Morgan fingerprint density at radius 1 is 1.07 bits per heavy atom. The van der Waals surface area contributed by atoms with Gasteiger partial charge in [-0.05, 0) is 30.5 Å². The van der Waals surface area contributed by atoms with Crippen molar-refractivity contribution in [3.63, 3.8) is 0 Å². The minimum absolute atomic E-state index is 0.0950. The molecule has 0 saturated heterocycles. The van der Waals surface area contributed by atoms with E-state index in [9.17, 15) is 9.59 Å². The van der Waals surface area contributed by atoms with E-state index in [4.69, 9.17) is 0 Å². The molecule has 0 spiro atoms. The van der Waals surface area contributed by atoms with Gasteiger partial charge in [-0.15, -0.1) is 0 Å². The lowest BCUT2D eigenvalue weighted by atomic mass is 10.0. The summed E-state index contributed by atoms with van der Waals surface area (Å²) in [5.41, 5.74) is 3.05. The normalized spacial score (nSPS) is 10.8. The Bertz CT molecular complexity index is 1010. The highest BCUT2D eigenvalue weighted by Gasteiger charge is 2.13. The van der Waals surface area contributed by atoms with Crippen molar-refractivity contribution in [3.8, 4) is 11.4 Å². The molecule has 1 amide bonds. The largest absolute Gasteiger partial charge is 0.325 e. The third-order valence-corrected chi connectivity index (χ3v) is 4.31. The summed E-state index contributed by atoms with van der Waals surface area (Å²) in [5.74, 6) is 0.600.